The molecule has 0 unspecified atom stereocenters. The van der Waals surface area contributed by atoms with Crippen molar-refractivity contribution in [2.75, 3.05) is 27.2 Å². The Bertz CT molecular complexity index is 246. The Morgan fingerprint density at radius 1 is 1.35 bits per heavy atom. The quantitative estimate of drug-likeness (QED) is 0.382. The van der Waals surface area contributed by atoms with Gasteiger partial charge in [-0.25, -0.2) is 5.01 Å². The first-order valence-electron chi connectivity index (χ1n) is 6.00. The smallest absolute Gasteiger partial charge is 0.219 e. The number of nitrogens with two attached hydrogens (primary N) is 1. The van der Waals surface area contributed by atoms with E-state index in [1.807, 2.05) is 24.1 Å². The number of unbranched alkanes of at least 4 members (excludes halogenated alkanes) is 2. The summed E-state index contributed by atoms with van der Waals surface area (Å²) in [6.07, 6.45) is 3.79. The van der Waals surface area contributed by atoms with Crippen LogP contribution in [0.15, 0.2) is 0 Å². The van der Waals surface area contributed by atoms with Crippen molar-refractivity contribution in [2.24, 2.45) is 5.73 Å². The minimum atomic E-state index is -0.314. The lowest BCUT2D eigenvalue weighted by Gasteiger charge is -2.31. The summed E-state index contributed by atoms with van der Waals surface area (Å²) in [4.78, 5) is 10.8. The second-order valence-corrected chi connectivity index (χ2v) is 4.51. The maximum atomic E-state index is 10.8. The lowest BCUT2D eigenvalue weighted by atomic mass is 10.2. The molecule has 17 heavy (non-hydrogen) atoms. The van der Waals surface area contributed by atoms with E-state index in [-0.39, 0.29) is 5.91 Å². The fraction of sp³-hybridized carbons (Fsp3) is 0.818. The maximum Gasteiger partial charge on any atom is 0.219 e. The molecule has 0 radical (unpaired) electrons. The number of rotatable bonds is 8. The molecule has 0 aliphatic rings. The molecule has 0 saturated heterocycles. The zero-order valence-corrected chi connectivity index (χ0v) is 11.8. The Balaban J connectivity index is 4.02. The number of hydrogen-bond acceptors (Lipinski definition) is 3. The largest absolute Gasteiger partial charge is 0.370 e. The van der Waals surface area contributed by atoms with Gasteiger partial charge in [0.05, 0.1) is 0 Å². The lowest BCUT2D eigenvalue weighted by Crippen LogP contribution is -2.48. The van der Waals surface area contributed by atoms with Crippen molar-refractivity contribution in [1.29, 1.82) is 0 Å². The second kappa shape index (κ2) is 9.18. The minimum Gasteiger partial charge on any atom is -0.370 e. The molecule has 0 saturated carbocycles. The SMILES string of the molecule is CCCCCNC(=S)N(CCC(N)=O)N(C)C. The zero-order chi connectivity index (χ0) is 13.3. The summed E-state index contributed by atoms with van der Waals surface area (Å²) in [5.74, 6) is -0.314. The fourth-order valence-corrected chi connectivity index (χ4v) is 1.72. The highest BCUT2D eigenvalue weighted by molar-refractivity contribution is 7.80. The molecule has 0 aliphatic carbocycles. The van der Waals surface area contributed by atoms with Crippen LogP contribution in [0.4, 0.5) is 0 Å². The van der Waals surface area contributed by atoms with Gasteiger partial charge in [0.15, 0.2) is 5.11 Å². The molecule has 0 aromatic carbocycles. The van der Waals surface area contributed by atoms with E-state index >= 15 is 0 Å². The Kier molecular flexibility index (Phi) is 8.71. The van der Waals surface area contributed by atoms with E-state index in [4.69, 9.17) is 18.0 Å². The molecule has 0 atom stereocenters. The molecule has 0 aromatic heterocycles. The standard InChI is InChI=1S/C11H24N4OS/c1-4-5-6-8-13-11(17)15(14(2)3)9-7-10(12)16/h4-9H2,1-3H3,(H2,12,16)(H,13,17). The van der Waals surface area contributed by atoms with Gasteiger partial charge >= 0.3 is 0 Å². The number of hydrazine groups is 1. The van der Waals surface area contributed by atoms with E-state index in [9.17, 15) is 4.79 Å². The summed E-state index contributed by atoms with van der Waals surface area (Å²) in [5, 5.41) is 7.53. The topological polar surface area (TPSA) is 61.6 Å². The van der Waals surface area contributed by atoms with Crippen LogP contribution in [0, 0.1) is 0 Å². The van der Waals surface area contributed by atoms with E-state index in [0.29, 0.717) is 18.1 Å². The van der Waals surface area contributed by atoms with Gasteiger partial charge in [0.1, 0.15) is 0 Å². The van der Waals surface area contributed by atoms with Gasteiger partial charge in [0, 0.05) is 33.6 Å². The molecule has 100 valence electrons. The van der Waals surface area contributed by atoms with E-state index in [2.05, 4.69) is 12.2 Å². The van der Waals surface area contributed by atoms with Gasteiger partial charge in [0.2, 0.25) is 5.91 Å². The predicted molar refractivity (Wildman–Crippen MR) is 74.3 cm³/mol. The molecule has 5 nitrogen and oxygen atoms in total. The number of carbonyl (C=O) groups is 1. The number of carbonyl (C=O) groups excluding carboxylic acids is 1. The summed E-state index contributed by atoms with van der Waals surface area (Å²) in [5.41, 5.74) is 5.13. The van der Waals surface area contributed by atoms with Crippen molar-refractivity contribution in [3.8, 4) is 0 Å². The Morgan fingerprint density at radius 2 is 2.00 bits per heavy atom. The van der Waals surface area contributed by atoms with Gasteiger partial charge < -0.3 is 11.1 Å². The van der Waals surface area contributed by atoms with Gasteiger partial charge in [-0.05, 0) is 18.6 Å². The molecular formula is C11H24N4OS. The van der Waals surface area contributed by atoms with Crippen molar-refractivity contribution >= 4 is 23.2 Å². The highest BCUT2D eigenvalue weighted by atomic mass is 32.1. The minimum absolute atomic E-state index is 0.301. The molecule has 0 aromatic rings. The second-order valence-electron chi connectivity index (χ2n) is 4.13. The van der Waals surface area contributed by atoms with E-state index < -0.39 is 0 Å². The Hall–Kier alpha value is -0.880. The van der Waals surface area contributed by atoms with Gasteiger partial charge in [-0.2, -0.15) is 0 Å². The van der Waals surface area contributed by atoms with Crippen LogP contribution in [0.3, 0.4) is 0 Å². The first-order chi connectivity index (χ1) is 7.99. The zero-order valence-electron chi connectivity index (χ0n) is 11.0. The summed E-state index contributed by atoms with van der Waals surface area (Å²) in [6.45, 7) is 3.55. The van der Waals surface area contributed by atoms with Crippen LogP contribution >= 0.6 is 12.2 Å². The van der Waals surface area contributed by atoms with Crippen molar-refractivity contribution < 1.29 is 4.79 Å². The first kappa shape index (κ1) is 16.1. The monoisotopic (exact) mass is 260 g/mol. The molecule has 0 bridgehead atoms. The summed E-state index contributed by atoms with van der Waals surface area (Å²) < 4.78 is 0. The molecule has 3 N–H and O–H groups in total. The number of nitrogens with zero attached hydrogens (tertiary/aromatic N) is 2. The number of nitrogens with one attached hydrogen (secondary N) is 1. The third-order valence-corrected chi connectivity index (χ3v) is 2.70. The van der Waals surface area contributed by atoms with Crippen LogP contribution in [0.5, 0.6) is 0 Å². The summed E-state index contributed by atoms with van der Waals surface area (Å²) in [6, 6.07) is 0. The average Bonchev–Trinajstić information content (AvgIpc) is 2.23. The average molecular weight is 260 g/mol. The van der Waals surface area contributed by atoms with E-state index in [0.717, 1.165) is 13.0 Å². The molecule has 6 heteroatoms. The van der Waals surface area contributed by atoms with Crippen LogP contribution in [-0.4, -0.2) is 48.2 Å². The van der Waals surface area contributed by atoms with Crippen molar-refractivity contribution in [1.82, 2.24) is 15.3 Å². The van der Waals surface area contributed by atoms with Crippen molar-refractivity contribution in [3.05, 3.63) is 0 Å². The predicted octanol–water partition coefficient (Wildman–Crippen LogP) is 0.705. The maximum absolute atomic E-state index is 10.8. The van der Waals surface area contributed by atoms with Gasteiger partial charge in [-0.15, -0.1) is 0 Å². The molecule has 0 rings (SSSR count). The fourth-order valence-electron chi connectivity index (χ4n) is 1.36. The lowest BCUT2D eigenvalue weighted by molar-refractivity contribution is -0.118. The van der Waals surface area contributed by atoms with E-state index in [1.54, 1.807) is 0 Å². The molecule has 0 spiro atoms. The van der Waals surface area contributed by atoms with E-state index in [1.165, 1.54) is 12.8 Å². The number of thiocarbonyl (C=S) groups is 1. The van der Waals surface area contributed by atoms with Crippen molar-refractivity contribution in [2.45, 2.75) is 32.6 Å². The molecule has 0 fully saturated rings. The highest BCUT2D eigenvalue weighted by Crippen LogP contribution is 1.97. The Morgan fingerprint density at radius 3 is 2.47 bits per heavy atom. The number of primary amides is 1. The number of hydrogen-bond donors (Lipinski definition) is 2. The molecular weight excluding hydrogens is 236 g/mol. The van der Waals surface area contributed by atoms with Crippen LogP contribution in [0.2, 0.25) is 0 Å². The summed E-state index contributed by atoms with van der Waals surface area (Å²) in [7, 11) is 3.78. The van der Waals surface area contributed by atoms with Gasteiger partial charge in [0.25, 0.3) is 0 Å². The van der Waals surface area contributed by atoms with Crippen LogP contribution in [0.1, 0.15) is 32.6 Å². The van der Waals surface area contributed by atoms with Gasteiger partial charge in [-0.3, -0.25) is 9.80 Å². The third-order valence-electron chi connectivity index (χ3n) is 2.34. The van der Waals surface area contributed by atoms with Crippen LogP contribution < -0.4 is 11.1 Å². The first-order valence-corrected chi connectivity index (χ1v) is 6.40. The van der Waals surface area contributed by atoms with Crippen LogP contribution in [-0.2, 0) is 4.79 Å². The highest BCUT2D eigenvalue weighted by Gasteiger charge is 2.12. The van der Waals surface area contributed by atoms with Gasteiger partial charge in [-0.1, -0.05) is 19.8 Å². The normalized spacial score (nSPS) is 10.4. The Labute approximate surface area is 109 Å². The molecule has 0 heterocycles. The number of amides is 1. The third kappa shape index (κ3) is 7.93. The molecule has 1 amide bonds. The summed E-state index contributed by atoms with van der Waals surface area (Å²) >= 11 is 5.27. The molecule has 0 aliphatic heterocycles. The van der Waals surface area contributed by atoms with Crippen LogP contribution in [0.25, 0.3) is 0 Å². The van der Waals surface area contributed by atoms with Crippen molar-refractivity contribution in [3.63, 3.8) is 0 Å².